The Morgan fingerprint density at radius 3 is 1.55 bits per heavy atom. The average molecular weight is 249 g/mol. The summed E-state index contributed by atoms with van der Waals surface area (Å²) in [5.74, 6) is 0.722. The molecule has 0 fully saturated rings. The summed E-state index contributed by atoms with van der Waals surface area (Å²) in [4.78, 5) is 18.6. The summed E-state index contributed by atoms with van der Waals surface area (Å²) in [5.41, 5.74) is 0. The zero-order valence-corrected chi connectivity index (χ0v) is 10.8. The molecule has 0 saturated carbocycles. The van der Waals surface area contributed by atoms with E-state index in [2.05, 4.69) is 4.31 Å². The van der Waals surface area contributed by atoms with Crippen molar-refractivity contribution >= 4 is 65.8 Å². The van der Waals surface area contributed by atoms with Crippen molar-refractivity contribution in [2.75, 3.05) is 5.88 Å². The maximum absolute atomic E-state index is 9.29. The van der Waals surface area contributed by atoms with Crippen LogP contribution in [0.5, 0.6) is 0 Å². The predicted molar refractivity (Wildman–Crippen MR) is 41.2 cm³/mol. The van der Waals surface area contributed by atoms with Crippen molar-refractivity contribution in [2.45, 2.75) is 6.92 Å². The Morgan fingerprint density at radius 1 is 1.36 bits per heavy atom. The zero-order chi connectivity index (χ0) is 8.57. The van der Waals surface area contributed by atoms with Crippen LogP contribution in [0.4, 0.5) is 0 Å². The predicted octanol–water partition coefficient (Wildman–Crippen LogP) is -0.633. The van der Waals surface area contributed by atoms with Gasteiger partial charge in [-0.2, -0.15) is 0 Å². The van der Waals surface area contributed by atoms with E-state index < -0.39 is 16.5 Å². The molecule has 0 amide bonds. The first-order chi connectivity index (χ1) is 4.54. The van der Waals surface area contributed by atoms with Gasteiger partial charge < -0.3 is 18.9 Å². The van der Waals surface area contributed by atoms with Gasteiger partial charge in [0, 0.05) is 5.88 Å². The zero-order valence-electron chi connectivity index (χ0n) is 5.83. The van der Waals surface area contributed by atoms with Gasteiger partial charge in [-0.1, -0.05) is 6.92 Å². The van der Waals surface area contributed by atoms with Gasteiger partial charge in [-0.05, 0) is 0 Å². The fourth-order valence-corrected chi connectivity index (χ4v) is 0.612. The smallest absolute Gasteiger partial charge is 0.781 e. The standard InChI is InChI=1S/C2H5Cl.Ca.H4O5P2/c1-2-3;;1-6(2)5-7(3)4/h2H2,1H3;;6-7H,(H,1,2)(H,3,4)/q;+2;/p-2. The molecule has 0 aromatic carbocycles. The molecule has 0 spiro atoms. The van der Waals surface area contributed by atoms with Crippen molar-refractivity contribution in [3.63, 3.8) is 0 Å². The van der Waals surface area contributed by atoms with Crippen LogP contribution in [0.15, 0.2) is 0 Å². The summed E-state index contributed by atoms with van der Waals surface area (Å²) >= 11 is 5.00. The van der Waals surface area contributed by atoms with Crippen LogP contribution < -0.4 is 9.79 Å². The van der Waals surface area contributed by atoms with Gasteiger partial charge in [0.05, 0.1) is 0 Å². The van der Waals surface area contributed by atoms with Gasteiger partial charge in [0.15, 0.2) is 0 Å². The summed E-state index contributed by atoms with van der Waals surface area (Å²) in [6.07, 6.45) is 0. The van der Waals surface area contributed by atoms with E-state index in [1.807, 2.05) is 6.92 Å². The van der Waals surface area contributed by atoms with E-state index in [1.165, 1.54) is 0 Å². The van der Waals surface area contributed by atoms with Gasteiger partial charge in [0.25, 0.3) is 0 Å². The van der Waals surface area contributed by atoms with E-state index in [9.17, 15) is 18.9 Å². The Labute approximate surface area is 101 Å². The second kappa shape index (κ2) is 14.4. The molecule has 9 heteroatoms. The molecule has 2 atom stereocenters. The van der Waals surface area contributed by atoms with Crippen molar-refractivity contribution in [1.29, 1.82) is 0 Å². The van der Waals surface area contributed by atoms with E-state index >= 15 is 0 Å². The minimum absolute atomic E-state index is 0. The first kappa shape index (κ1) is 18.6. The maximum Gasteiger partial charge on any atom is 2.00 e. The summed E-state index contributed by atoms with van der Waals surface area (Å²) in [5, 5.41) is 0. The second-order valence-corrected chi connectivity index (χ2v) is 3.22. The molecule has 0 bridgehead atoms. The molecule has 0 radical (unpaired) electrons. The number of hydrogen-bond donors (Lipinski definition) is 0. The fraction of sp³-hybridized carbons (Fsp3) is 1.00. The Bertz CT molecular complexity index is 109. The number of hydrogen-bond acceptors (Lipinski definition) is 5. The van der Waals surface area contributed by atoms with Gasteiger partial charge in [-0.25, -0.2) is 0 Å². The molecule has 0 aliphatic heterocycles. The third kappa shape index (κ3) is 33.5. The summed E-state index contributed by atoms with van der Waals surface area (Å²) in [6.45, 7) is 1.89. The van der Waals surface area contributed by atoms with Gasteiger partial charge in [0.1, 0.15) is 16.5 Å². The quantitative estimate of drug-likeness (QED) is 0.369. The number of rotatable bonds is 2. The van der Waals surface area contributed by atoms with Crippen molar-refractivity contribution in [1.82, 2.24) is 0 Å². The molecular formula is C2H7CaClO5P2. The van der Waals surface area contributed by atoms with Crippen molar-refractivity contribution < 1.29 is 23.2 Å². The molecule has 11 heavy (non-hydrogen) atoms. The molecule has 0 N–H and O–H groups in total. The molecular weight excluding hydrogens is 241 g/mol. The van der Waals surface area contributed by atoms with Crippen LogP contribution in [0.1, 0.15) is 6.92 Å². The SMILES string of the molecule is CCCl.O=[PH]([O-])O[PH](=O)[O-].[Ca+2]. The van der Waals surface area contributed by atoms with E-state index in [4.69, 9.17) is 11.6 Å². The monoisotopic (exact) mass is 248 g/mol. The minimum Gasteiger partial charge on any atom is -0.781 e. The normalized spacial score (nSPS) is 13.5. The Hall–Kier alpha value is 1.89. The van der Waals surface area contributed by atoms with Gasteiger partial charge in [-0.3, -0.25) is 4.31 Å². The third-order valence-electron chi connectivity index (χ3n) is 0.167. The van der Waals surface area contributed by atoms with Crippen molar-refractivity contribution in [2.24, 2.45) is 0 Å². The number of alkyl halides is 1. The van der Waals surface area contributed by atoms with Crippen LogP contribution in [0, 0.1) is 0 Å². The molecule has 64 valence electrons. The molecule has 0 aliphatic rings. The Kier molecular flexibility index (Phi) is 24.4. The minimum atomic E-state index is -3.51. The molecule has 0 saturated heterocycles. The first-order valence-electron chi connectivity index (χ1n) is 2.20. The summed E-state index contributed by atoms with van der Waals surface area (Å²) < 4.78 is 21.8. The van der Waals surface area contributed by atoms with Gasteiger partial charge in [0.2, 0.25) is 0 Å². The van der Waals surface area contributed by atoms with Crippen LogP contribution in [0.2, 0.25) is 0 Å². The molecule has 0 aliphatic carbocycles. The largest absolute Gasteiger partial charge is 2.00 e. The van der Waals surface area contributed by atoms with Crippen LogP contribution in [-0.2, 0) is 13.4 Å². The van der Waals surface area contributed by atoms with Gasteiger partial charge in [-0.15, -0.1) is 11.6 Å². The van der Waals surface area contributed by atoms with Crippen LogP contribution in [0.25, 0.3) is 0 Å². The molecule has 0 heterocycles. The number of halogens is 1. The van der Waals surface area contributed by atoms with Crippen molar-refractivity contribution in [3.05, 3.63) is 0 Å². The van der Waals surface area contributed by atoms with Gasteiger partial charge >= 0.3 is 37.7 Å². The van der Waals surface area contributed by atoms with Crippen LogP contribution in [0.3, 0.4) is 0 Å². The topological polar surface area (TPSA) is 89.5 Å². The summed E-state index contributed by atoms with van der Waals surface area (Å²) in [6, 6.07) is 0. The Balaban J connectivity index is -0.000000140. The Morgan fingerprint density at radius 2 is 1.55 bits per heavy atom. The summed E-state index contributed by atoms with van der Waals surface area (Å²) in [7, 11) is -7.03. The van der Waals surface area contributed by atoms with Crippen molar-refractivity contribution in [3.8, 4) is 0 Å². The first-order valence-corrected chi connectivity index (χ1v) is 5.18. The van der Waals surface area contributed by atoms with E-state index in [-0.39, 0.29) is 37.7 Å². The molecule has 5 nitrogen and oxygen atoms in total. The van der Waals surface area contributed by atoms with E-state index in [1.54, 1.807) is 0 Å². The maximum atomic E-state index is 9.29. The second-order valence-electron chi connectivity index (χ2n) is 0.869. The molecule has 2 unspecified atom stereocenters. The average Bonchev–Trinajstić information content (AvgIpc) is 1.62. The molecule has 0 aromatic rings. The third-order valence-corrected chi connectivity index (χ3v) is 1.50. The fourth-order valence-electron chi connectivity index (χ4n) is 0.0680. The van der Waals surface area contributed by atoms with E-state index in [0.29, 0.717) is 0 Å². The molecule has 0 aromatic heterocycles. The van der Waals surface area contributed by atoms with E-state index in [0.717, 1.165) is 5.88 Å². The van der Waals surface area contributed by atoms with Crippen LogP contribution in [-0.4, -0.2) is 43.6 Å². The molecule has 0 rings (SSSR count). The van der Waals surface area contributed by atoms with Crippen LogP contribution >= 0.6 is 28.1 Å².